The third kappa shape index (κ3) is 3.33. The summed E-state index contributed by atoms with van der Waals surface area (Å²) in [6.45, 7) is 0.759. The first-order chi connectivity index (χ1) is 7.13. The van der Waals surface area contributed by atoms with Crippen molar-refractivity contribution < 1.29 is 8.42 Å². The molecule has 0 unspecified atom stereocenters. The average Bonchev–Trinajstić information content (AvgIpc) is 3.00. The molecule has 0 amide bonds. The lowest BCUT2D eigenvalue weighted by molar-refractivity contribution is 0.388. The van der Waals surface area contributed by atoms with E-state index in [0.29, 0.717) is 24.3 Å². The summed E-state index contributed by atoms with van der Waals surface area (Å²) in [4.78, 5) is 0. The lowest BCUT2D eigenvalue weighted by Gasteiger charge is -2.21. The zero-order valence-corrected chi connectivity index (χ0v) is 10.4. The van der Waals surface area contributed by atoms with E-state index in [1.807, 2.05) is 0 Å². The van der Waals surface area contributed by atoms with Crippen LogP contribution >= 0.6 is 11.6 Å². The maximum atomic E-state index is 12.0. The Hall–Kier alpha value is 0.200. The molecule has 88 valence electrons. The summed E-state index contributed by atoms with van der Waals surface area (Å²) in [7, 11) is -3.03. The van der Waals surface area contributed by atoms with Crippen molar-refractivity contribution >= 4 is 21.6 Å². The molecule has 0 radical (unpaired) electrons. The minimum atomic E-state index is -3.03. The van der Waals surface area contributed by atoms with Gasteiger partial charge in [-0.05, 0) is 38.0 Å². The van der Waals surface area contributed by atoms with Gasteiger partial charge in [0.25, 0.3) is 0 Å². The molecule has 0 bridgehead atoms. The minimum Gasteiger partial charge on any atom is -0.212 e. The van der Waals surface area contributed by atoms with Crippen molar-refractivity contribution in [1.82, 2.24) is 4.31 Å². The Labute approximate surface area is 96.8 Å². The van der Waals surface area contributed by atoms with E-state index in [1.54, 1.807) is 4.31 Å². The van der Waals surface area contributed by atoms with E-state index in [2.05, 4.69) is 0 Å². The topological polar surface area (TPSA) is 37.4 Å². The molecule has 0 aromatic heterocycles. The molecule has 2 aliphatic rings. The molecular weight excluding hydrogens is 234 g/mol. The van der Waals surface area contributed by atoms with Crippen LogP contribution in [0.5, 0.6) is 0 Å². The molecule has 3 nitrogen and oxygen atoms in total. The Kier molecular flexibility index (Phi) is 3.58. The first-order valence-electron chi connectivity index (χ1n) is 5.69. The molecule has 5 heteroatoms. The number of hydrogen-bond donors (Lipinski definition) is 0. The van der Waals surface area contributed by atoms with E-state index < -0.39 is 10.0 Å². The average molecular weight is 252 g/mol. The Balaban J connectivity index is 1.94. The van der Waals surface area contributed by atoms with Crippen molar-refractivity contribution in [1.29, 1.82) is 0 Å². The zero-order chi connectivity index (χ0) is 10.9. The molecule has 0 aromatic carbocycles. The highest BCUT2D eigenvalue weighted by atomic mass is 35.5. The van der Waals surface area contributed by atoms with Crippen LogP contribution in [0.15, 0.2) is 0 Å². The van der Waals surface area contributed by atoms with Gasteiger partial charge in [-0.25, -0.2) is 8.42 Å². The second-order valence-electron chi connectivity index (χ2n) is 4.60. The Morgan fingerprint density at radius 3 is 2.33 bits per heavy atom. The fraction of sp³-hybridized carbons (Fsp3) is 1.00. The molecule has 15 heavy (non-hydrogen) atoms. The first-order valence-corrected chi connectivity index (χ1v) is 7.83. The fourth-order valence-electron chi connectivity index (χ4n) is 1.76. The Morgan fingerprint density at radius 2 is 1.87 bits per heavy atom. The lowest BCUT2D eigenvalue weighted by atomic mass is 10.4. The second-order valence-corrected chi connectivity index (χ2v) is 7.02. The monoisotopic (exact) mass is 251 g/mol. The summed E-state index contributed by atoms with van der Waals surface area (Å²) in [6, 6.07) is 0.311. The van der Waals surface area contributed by atoms with E-state index in [-0.39, 0.29) is 5.75 Å². The molecule has 0 saturated heterocycles. The van der Waals surface area contributed by atoms with Gasteiger partial charge in [0.15, 0.2) is 0 Å². The van der Waals surface area contributed by atoms with Gasteiger partial charge in [0.1, 0.15) is 0 Å². The number of halogens is 1. The van der Waals surface area contributed by atoms with Crippen LogP contribution in [0.2, 0.25) is 0 Å². The van der Waals surface area contributed by atoms with Crippen molar-refractivity contribution in [2.24, 2.45) is 5.92 Å². The van der Waals surface area contributed by atoms with E-state index >= 15 is 0 Å². The van der Waals surface area contributed by atoms with E-state index in [1.165, 1.54) is 12.8 Å². The number of sulfonamides is 1. The number of alkyl halides is 1. The summed E-state index contributed by atoms with van der Waals surface area (Å²) < 4.78 is 25.8. The standard InChI is InChI=1S/C10H18ClNO2S/c11-6-1-7-15(13,14)12(10-4-5-10)8-9-2-3-9/h9-10H,1-8H2. The maximum absolute atomic E-state index is 12.0. The predicted molar refractivity (Wildman–Crippen MR) is 61.6 cm³/mol. The smallest absolute Gasteiger partial charge is 0.212 e. The molecule has 2 fully saturated rings. The molecule has 0 N–H and O–H groups in total. The number of rotatable bonds is 7. The van der Waals surface area contributed by atoms with Crippen LogP contribution in [0.4, 0.5) is 0 Å². The van der Waals surface area contributed by atoms with Gasteiger partial charge in [-0.1, -0.05) is 0 Å². The molecule has 2 aliphatic carbocycles. The van der Waals surface area contributed by atoms with Crippen molar-refractivity contribution in [3.05, 3.63) is 0 Å². The van der Waals surface area contributed by atoms with Crippen LogP contribution in [0.3, 0.4) is 0 Å². The van der Waals surface area contributed by atoms with Gasteiger partial charge in [0.2, 0.25) is 10.0 Å². The van der Waals surface area contributed by atoms with Gasteiger partial charge in [0.05, 0.1) is 5.75 Å². The SMILES string of the molecule is O=S(=O)(CCCCl)N(CC1CC1)C1CC1. The van der Waals surface area contributed by atoms with Crippen molar-refractivity contribution in [2.45, 2.75) is 38.1 Å². The molecule has 2 rings (SSSR count). The van der Waals surface area contributed by atoms with E-state index in [9.17, 15) is 8.42 Å². The minimum absolute atomic E-state index is 0.222. The van der Waals surface area contributed by atoms with Crippen LogP contribution in [0.25, 0.3) is 0 Å². The maximum Gasteiger partial charge on any atom is 0.214 e. The van der Waals surface area contributed by atoms with Gasteiger partial charge < -0.3 is 0 Å². The molecule has 0 heterocycles. The first kappa shape index (κ1) is 11.7. The highest BCUT2D eigenvalue weighted by molar-refractivity contribution is 7.89. The largest absolute Gasteiger partial charge is 0.214 e. The Morgan fingerprint density at radius 1 is 1.20 bits per heavy atom. The van der Waals surface area contributed by atoms with E-state index in [0.717, 1.165) is 19.4 Å². The van der Waals surface area contributed by atoms with Gasteiger partial charge in [-0.2, -0.15) is 4.31 Å². The Bertz CT molecular complexity index is 309. The summed E-state index contributed by atoms with van der Waals surface area (Å²) in [5.41, 5.74) is 0. The third-order valence-corrected chi connectivity index (χ3v) is 5.22. The summed E-state index contributed by atoms with van der Waals surface area (Å²) in [6.07, 6.45) is 5.07. The van der Waals surface area contributed by atoms with Crippen LogP contribution in [-0.4, -0.2) is 36.9 Å². The van der Waals surface area contributed by atoms with Crippen LogP contribution < -0.4 is 0 Å². The van der Waals surface area contributed by atoms with Crippen LogP contribution in [0.1, 0.15) is 32.1 Å². The van der Waals surface area contributed by atoms with Gasteiger partial charge >= 0.3 is 0 Å². The van der Waals surface area contributed by atoms with Crippen LogP contribution in [-0.2, 0) is 10.0 Å². The molecule has 0 aliphatic heterocycles. The predicted octanol–water partition coefficient (Wildman–Crippen LogP) is 1.82. The molecule has 0 aromatic rings. The van der Waals surface area contributed by atoms with Crippen LogP contribution in [0, 0.1) is 5.92 Å². The van der Waals surface area contributed by atoms with Gasteiger partial charge in [-0.15, -0.1) is 11.6 Å². The molecular formula is C10H18ClNO2S. The summed E-state index contributed by atoms with van der Waals surface area (Å²) >= 11 is 5.54. The van der Waals surface area contributed by atoms with Gasteiger partial charge in [-0.3, -0.25) is 0 Å². The normalized spacial score (nSPS) is 22.3. The highest BCUT2D eigenvalue weighted by Gasteiger charge is 2.39. The zero-order valence-electron chi connectivity index (χ0n) is 8.86. The summed E-state index contributed by atoms with van der Waals surface area (Å²) in [5, 5.41) is 0. The van der Waals surface area contributed by atoms with E-state index in [4.69, 9.17) is 11.6 Å². The summed E-state index contributed by atoms with van der Waals surface area (Å²) in [5.74, 6) is 1.29. The number of hydrogen-bond acceptors (Lipinski definition) is 2. The lowest BCUT2D eigenvalue weighted by Crippen LogP contribution is -2.36. The van der Waals surface area contributed by atoms with Crippen molar-refractivity contribution in [2.75, 3.05) is 18.2 Å². The highest BCUT2D eigenvalue weighted by Crippen LogP contribution is 2.36. The number of nitrogens with zero attached hydrogens (tertiary/aromatic N) is 1. The third-order valence-electron chi connectivity index (χ3n) is 2.98. The molecule has 2 saturated carbocycles. The molecule has 0 spiro atoms. The van der Waals surface area contributed by atoms with Gasteiger partial charge in [0, 0.05) is 18.5 Å². The van der Waals surface area contributed by atoms with Crippen molar-refractivity contribution in [3.63, 3.8) is 0 Å². The second kappa shape index (κ2) is 4.60. The fourth-order valence-corrected chi connectivity index (χ4v) is 3.90. The quantitative estimate of drug-likeness (QED) is 0.648. The molecule has 0 atom stereocenters. The van der Waals surface area contributed by atoms with Crippen molar-refractivity contribution in [3.8, 4) is 0 Å².